The lowest BCUT2D eigenvalue weighted by molar-refractivity contribution is -0.135. The number of rotatable bonds is 4. The Morgan fingerprint density at radius 2 is 2.38 bits per heavy atom. The lowest BCUT2D eigenvalue weighted by atomic mass is 10.7. The van der Waals surface area contributed by atoms with Gasteiger partial charge in [0.1, 0.15) is 11.4 Å². The van der Waals surface area contributed by atoms with Gasteiger partial charge in [-0.25, -0.2) is 8.42 Å². The Kier molecular flexibility index (Phi) is 2.63. The fourth-order valence-corrected chi connectivity index (χ4v) is 1.51. The Hall–Kier alpha value is -1.41. The largest absolute Gasteiger partial charge is 0.480 e. The van der Waals surface area contributed by atoms with E-state index in [1.54, 1.807) is 0 Å². The molecule has 0 saturated heterocycles. The summed E-state index contributed by atoms with van der Waals surface area (Å²) in [6, 6.07) is 0. The molecule has 0 aliphatic rings. The highest BCUT2D eigenvalue weighted by Gasteiger charge is 2.15. The van der Waals surface area contributed by atoms with E-state index in [0.717, 1.165) is 12.4 Å². The topological polar surface area (TPSA) is 112 Å². The molecule has 8 heteroatoms. The van der Waals surface area contributed by atoms with Gasteiger partial charge >= 0.3 is 5.97 Å². The first-order valence-corrected chi connectivity index (χ1v) is 4.71. The molecule has 0 bridgehead atoms. The standard InChI is InChI=1S/C5H7N3O4S/c9-5(10)3-8-13(11,12)4-1-6-7-2-4/h1-2,8H,3H2,(H,6,7)(H,9,10). The first kappa shape index (κ1) is 9.68. The number of carbonyl (C=O) groups is 1. The Bertz CT molecular complexity index is 382. The number of nitrogens with zero attached hydrogens (tertiary/aromatic N) is 1. The van der Waals surface area contributed by atoms with Gasteiger partial charge in [-0.2, -0.15) is 9.82 Å². The fourth-order valence-electron chi connectivity index (χ4n) is 0.626. The van der Waals surface area contributed by atoms with E-state index >= 15 is 0 Å². The Balaban J connectivity index is 2.74. The molecule has 1 aromatic heterocycles. The van der Waals surface area contributed by atoms with Gasteiger partial charge < -0.3 is 5.11 Å². The highest BCUT2D eigenvalue weighted by atomic mass is 32.2. The summed E-state index contributed by atoms with van der Waals surface area (Å²) in [5.74, 6) is -1.24. The van der Waals surface area contributed by atoms with Crippen LogP contribution in [-0.2, 0) is 14.8 Å². The van der Waals surface area contributed by atoms with Crippen LogP contribution in [-0.4, -0.2) is 36.2 Å². The number of carboxylic acid groups (broad SMARTS) is 1. The maximum Gasteiger partial charge on any atom is 0.318 e. The van der Waals surface area contributed by atoms with E-state index in [9.17, 15) is 13.2 Å². The van der Waals surface area contributed by atoms with Gasteiger partial charge in [0.2, 0.25) is 10.0 Å². The van der Waals surface area contributed by atoms with E-state index in [4.69, 9.17) is 5.11 Å². The van der Waals surface area contributed by atoms with Crippen LogP contribution < -0.4 is 4.72 Å². The first-order chi connectivity index (χ1) is 6.02. The maximum atomic E-state index is 11.2. The number of H-pyrrole nitrogens is 1. The van der Waals surface area contributed by atoms with Gasteiger partial charge in [0.25, 0.3) is 0 Å². The van der Waals surface area contributed by atoms with Crippen molar-refractivity contribution < 1.29 is 18.3 Å². The number of hydrogen-bond donors (Lipinski definition) is 3. The summed E-state index contributed by atoms with van der Waals surface area (Å²) in [5, 5.41) is 14.0. The number of sulfonamides is 1. The minimum absolute atomic E-state index is 0.0891. The zero-order chi connectivity index (χ0) is 9.90. The van der Waals surface area contributed by atoms with Gasteiger partial charge in [-0.3, -0.25) is 9.89 Å². The predicted octanol–water partition coefficient (Wildman–Crippen LogP) is -1.23. The summed E-state index contributed by atoms with van der Waals surface area (Å²) in [6.07, 6.45) is 2.24. The summed E-state index contributed by atoms with van der Waals surface area (Å²) >= 11 is 0. The molecule has 0 radical (unpaired) electrons. The average molecular weight is 205 g/mol. The molecule has 0 fully saturated rings. The quantitative estimate of drug-likeness (QED) is 0.570. The van der Waals surface area contributed by atoms with Crippen LogP contribution in [0.25, 0.3) is 0 Å². The van der Waals surface area contributed by atoms with E-state index in [2.05, 4.69) is 10.2 Å². The van der Waals surface area contributed by atoms with Crippen LogP contribution in [0, 0.1) is 0 Å². The molecule has 13 heavy (non-hydrogen) atoms. The Morgan fingerprint density at radius 3 is 2.85 bits per heavy atom. The normalized spacial score (nSPS) is 11.4. The molecule has 0 aromatic carbocycles. The Labute approximate surface area is 73.8 Å². The van der Waals surface area contributed by atoms with Crippen LogP contribution in [0.3, 0.4) is 0 Å². The monoisotopic (exact) mass is 205 g/mol. The van der Waals surface area contributed by atoms with Gasteiger partial charge in [0.05, 0.1) is 6.20 Å². The number of aliphatic carboxylic acids is 1. The van der Waals surface area contributed by atoms with Crippen LogP contribution in [0.15, 0.2) is 17.3 Å². The Morgan fingerprint density at radius 1 is 1.69 bits per heavy atom. The number of aromatic amines is 1. The molecule has 7 nitrogen and oxygen atoms in total. The number of carboxylic acids is 1. The van der Waals surface area contributed by atoms with E-state index in [0.29, 0.717) is 0 Å². The fraction of sp³-hybridized carbons (Fsp3) is 0.200. The van der Waals surface area contributed by atoms with E-state index in [1.807, 2.05) is 4.72 Å². The second-order valence-corrected chi connectivity index (χ2v) is 3.92. The lowest BCUT2D eigenvalue weighted by Gasteiger charge is -1.99. The molecule has 1 aromatic rings. The summed E-state index contributed by atoms with van der Waals surface area (Å²) in [6.45, 7) is -0.645. The SMILES string of the molecule is O=C(O)CNS(=O)(=O)c1cn[nH]c1. The molecule has 0 aliphatic carbocycles. The summed E-state index contributed by atoms with van der Waals surface area (Å²) in [5.41, 5.74) is 0. The van der Waals surface area contributed by atoms with E-state index < -0.39 is 22.5 Å². The van der Waals surface area contributed by atoms with Crippen molar-refractivity contribution in [2.24, 2.45) is 0 Å². The van der Waals surface area contributed by atoms with E-state index in [1.165, 1.54) is 0 Å². The summed E-state index contributed by atoms with van der Waals surface area (Å²) < 4.78 is 24.2. The molecular weight excluding hydrogens is 198 g/mol. The van der Waals surface area contributed by atoms with Crippen LogP contribution in [0.1, 0.15) is 0 Å². The zero-order valence-electron chi connectivity index (χ0n) is 6.39. The van der Waals surface area contributed by atoms with Crippen molar-refractivity contribution in [1.82, 2.24) is 14.9 Å². The van der Waals surface area contributed by atoms with Gasteiger partial charge in [-0.05, 0) is 0 Å². The third kappa shape index (κ3) is 2.53. The third-order valence-electron chi connectivity index (χ3n) is 1.20. The summed E-state index contributed by atoms with van der Waals surface area (Å²) in [4.78, 5) is 9.98. The van der Waals surface area contributed by atoms with Gasteiger partial charge in [0.15, 0.2) is 0 Å². The van der Waals surface area contributed by atoms with Crippen molar-refractivity contribution in [2.75, 3.05) is 6.54 Å². The smallest absolute Gasteiger partial charge is 0.318 e. The van der Waals surface area contributed by atoms with Crippen LogP contribution >= 0.6 is 0 Å². The second-order valence-electron chi connectivity index (χ2n) is 2.15. The van der Waals surface area contributed by atoms with Crippen molar-refractivity contribution in [3.05, 3.63) is 12.4 Å². The summed E-state index contributed by atoms with van der Waals surface area (Å²) in [7, 11) is -3.74. The second kappa shape index (κ2) is 3.54. The number of hydrogen-bond acceptors (Lipinski definition) is 4. The highest BCUT2D eigenvalue weighted by molar-refractivity contribution is 7.89. The van der Waals surface area contributed by atoms with Crippen molar-refractivity contribution in [1.29, 1.82) is 0 Å². The first-order valence-electron chi connectivity index (χ1n) is 3.22. The number of aromatic nitrogens is 2. The molecule has 1 heterocycles. The molecule has 3 N–H and O–H groups in total. The molecule has 0 aliphatic heterocycles. The molecule has 0 unspecified atom stereocenters. The molecule has 0 spiro atoms. The maximum absolute atomic E-state index is 11.2. The van der Waals surface area contributed by atoms with Crippen molar-refractivity contribution >= 4 is 16.0 Å². The molecule has 1 rings (SSSR count). The van der Waals surface area contributed by atoms with Gasteiger partial charge in [-0.15, -0.1) is 0 Å². The lowest BCUT2D eigenvalue weighted by Crippen LogP contribution is -2.29. The van der Waals surface area contributed by atoms with Crippen LogP contribution in [0.5, 0.6) is 0 Å². The third-order valence-corrected chi connectivity index (χ3v) is 2.57. The number of nitrogens with one attached hydrogen (secondary N) is 2. The molecule has 0 atom stereocenters. The predicted molar refractivity (Wildman–Crippen MR) is 41.4 cm³/mol. The molecule has 72 valence electrons. The van der Waals surface area contributed by atoms with Crippen molar-refractivity contribution in [2.45, 2.75) is 4.90 Å². The van der Waals surface area contributed by atoms with Gasteiger partial charge in [-0.1, -0.05) is 0 Å². The van der Waals surface area contributed by atoms with Crippen molar-refractivity contribution in [3.8, 4) is 0 Å². The molecular formula is C5H7N3O4S. The van der Waals surface area contributed by atoms with Crippen LogP contribution in [0.4, 0.5) is 0 Å². The van der Waals surface area contributed by atoms with Crippen molar-refractivity contribution in [3.63, 3.8) is 0 Å². The minimum atomic E-state index is -3.74. The van der Waals surface area contributed by atoms with E-state index in [-0.39, 0.29) is 4.90 Å². The molecule has 0 amide bonds. The molecule has 0 saturated carbocycles. The average Bonchev–Trinajstić information content (AvgIpc) is 2.53. The van der Waals surface area contributed by atoms with Crippen LogP contribution in [0.2, 0.25) is 0 Å². The zero-order valence-corrected chi connectivity index (χ0v) is 7.21. The highest BCUT2D eigenvalue weighted by Crippen LogP contribution is 2.02. The minimum Gasteiger partial charge on any atom is -0.480 e. The van der Waals surface area contributed by atoms with Gasteiger partial charge in [0, 0.05) is 6.20 Å².